The zero-order valence-corrected chi connectivity index (χ0v) is 8.79. The second-order valence-corrected chi connectivity index (χ2v) is 3.81. The molecule has 0 N–H and O–H groups in total. The summed E-state index contributed by atoms with van der Waals surface area (Å²) in [4.78, 5) is 11.0. The Morgan fingerprint density at radius 3 is 2.57 bits per heavy atom. The molecule has 1 aromatic heterocycles. The van der Waals surface area contributed by atoms with E-state index in [2.05, 4.69) is 16.7 Å². The Morgan fingerprint density at radius 2 is 2.14 bits per heavy atom. The Labute approximate surface area is 84.1 Å². The summed E-state index contributed by atoms with van der Waals surface area (Å²) in [5.74, 6) is 0. The van der Waals surface area contributed by atoms with Crippen LogP contribution in [0.15, 0.2) is 0 Å². The summed E-state index contributed by atoms with van der Waals surface area (Å²) in [7, 11) is 0. The number of rotatable bonds is 4. The Hall–Kier alpha value is -1.12. The van der Waals surface area contributed by atoms with Crippen molar-refractivity contribution < 1.29 is 4.79 Å². The van der Waals surface area contributed by atoms with E-state index in [1.807, 2.05) is 6.92 Å². The molecule has 0 unspecified atom stereocenters. The summed E-state index contributed by atoms with van der Waals surface area (Å²) in [5, 5.41) is 4.52. The Bertz CT molecular complexity index is 350. The molecule has 0 amide bonds. The van der Waals surface area contributed by atoms with Gasteiger partial charge in [-0.2, -0.15) is 5.10 Å². The highest BCUT2D eigenvalue weighted by Gasteiger charge is 2.28. The van der Waals surface area contributed by atoms with Crippen molar-refractivity contribution in [3.8, 4) is 0 Å². The fourth-order valence-electron chi connectivity index (χ4n) is 1.91. The van der Waals surface area contributed by atoms with Gasteiger partial charge in [0, 0.05) is 5.69 Å². The number of carbonyl (C=O) groups is 1. The van der Waals surface area contributed by atoms with Gasteiger partial charge in [-0.15, -0.1) is 0 Å². The number of aromatic nitrogens is 2. The topological polar surface area (TPSA) is 34.9 Å². The van der Waals surface area contributed by atoms with Crippen LogP contribution in [0.3, 0.4) is 0 Å². The fraction of sp³-hybridized carbons (Fsp3) is 0.636. The van der Waals surface area contributed by atoms with Crippen LogP contribution in [-0.2, 0) is 12.8 Å². The fourth-order valence-corrected chi connectivity index (χ4v) is 1.91. The molecule has 1 fully saturated rings. The first-order chi connectivity index (χ1) is 6.81. The Balaban J connectivity index is 2.48. The van der Waals surface area contributed by atoms with Gasteiger partial charge in [0.2, 0.25) is 0 Å². The van der Waals surface area contributed by atoms with Crippen LogP contribution in [0.5, 0.6) is 0 Å². The maximum atomic E-state index is 11.0. The van der Waals surface area contributed by atoms with Gasteiger partial charge in [-0.1, -0.05) is 13.8 Å². The lowest BCUT2D eigenvalue weighted by atomic mass is 10.1. The third-order valence-electron chi connectivity index (χ3n) is 2.81. The molecule has 0 radical (unpaired) electrons. The average molecular weight is 192 g/mol. The van der Waals surface area contributed by atoms with Crippen LogP contribution in [0, 0.1) is 0 Å². The number of aryl methyl sites for hydroxylation is 1. The van der Waals surface area contributed by atoms with Crippen LogP contribution in [0.4, 0.5) is 0 Å². The zero-order valence-electron chi connectivity index (χ0n) is 8.79. The van der Waals surface area contributed by atoms with Gasteiger partial charge in [-0.3, -0.25) is 9.48 Å². The summed E-state index contributed by atoms with van der Waals surface area (Å²) in [6.45, 7) is 4.13. The highest BCUT2D eigenvalue weighted by molar-refractivity contribution is 5.78. The molecule has 1 aliphatic rings. The van der Waals surface area contributed by atoms with E-state index in [1.165, 1.54) is 12.8 Å². The molecule has 0 aromatic carbocycles. The van der Waals surface area contributed by atoms with E-state index in [-0.39, 0.29) is 0 Å². The second kappa shape index (κ2) is 3.56. The largest absolute Gasteiger partial charge is 0.298 e. The highest BCUT2D eigenvalue weighted by Crippen LogP contribution is 2.36. The highest BCUT2D eigenvalue weighted by atomic mass is 16.1. The standard InChI is InChI=1S/C11H16N2O/c1-3-10-9(7-14)11(4-2)13(12-10)8-5-6-8/h7-8H,3-6H2,1-2H3. The van der Waals surface area contributed by atoms with Crippen molar-refractivity contribution in [3.63, 3.8) is 0 Å². The number of nitrogens with zero attached hydrogens (tertiary/aromatic N) is 2. The number of hydrogen-bond donors (Lipinski definition) is 0. The van der Waals surface area contributed by atoms with Gasteiger partial charge in [-0.25, -0.2) is 0 Å². The van der Waals surface area contributed by atoms with Crippen molar-refractivity contribution in [2.24, 2.45) is 0 Å². The van der Waals surface area contributed by atoms with Gasteiger partial charge in [0.05, 0.1) is 17.3 Å². The van der Waals surface area contributed by atoms with E-state index < -0.39 is 0 Å². The van der Waals surface area contributed by atoms with E-state index in [1.54, 1.807) is 0 Å². The molecular weight excluding hydrogens is 176 g/mol. The number of aldehydes is 1. The van der Waals surface area contributed by atoms with E-state index in [0.717, 1.165) is 36.1 Å². The zero-order chi connectivity index (χ0) is 10.1. The molecule has 0 aliphatic heterocycles. The molecule has 2 rings (SSSR count). The minimum absolute atomic E-state index is 0.573. The molecule has 14 heavy (non-hydrogen) atoms. The van der Waals surface area contributed by atoms with Gasteiger partial charge in [0.15, 0.2) is 6.29 Å². The molecule has 76 valence electrons. The van der Waals surface area contributed by atoms with Crippen molar-refractivity contribution in [2.45, 2.75) is 45.6 Å². The minimum Gasteiger partial charge on any atom is -0.298 e. The molecule has 1 aromatic rings. The first-order valence-corrected chi connectivity index (χ1v) is 5.37. The first kappa shape index (κ1) is 9.44. The van der Waals surface area contributed by atoms with Crippen LogP contribution in [0.25, 0.3) is 0 Å². The normalized spacial score (nSPS) is 15.9. The first-order valence-electron chi connectivity index (χ1n) is 5.37. The lowest BCUT2D eigenvalue weighted by Crippen LogP contribution is -2.02. The molecule has 1 aliphatic carbocycles. The van der Waals surface area contributed by atoms with Crippen molar-refractivity contribution in [3.05, 3.63) is 17.0 Å². The molecule has 3 nitrogen and oxygen atoms in total. The predicted octanol–water partition coefficient (Wildman–Crippen LogP) is 2.16. The van der Waals surface area contributed by atoms with E-state index in [4.69, 9.17) is 0 Å². The van der Waals surface area contributed by atoms with Crippen molar-refractivity contribution in [1.29, 1.82) is 0 Å². The summed E-state index contributed by atoms with van der Waals surface area (Å²) >= 11 is 0. The minimum atomic E-state index is 0.573. The molecule has 3 heteroatoms. The quantitative estimate of drug-likeness (QED) is 0.685. The third-order valence-corrected chi connectivity index (χ3v) is 2.81. The Kier molecular flexibility index (Phi) is 2.40. The summed E-state index contributed by atoms with van der Waals surface area (Å²) < 4.78 is 2.07. The lowest BCUT2D eigenvalue weighted by Gasteiger charge is -2.02. The third kappa shape index (κ3) is 1.37. The molecular formula is C11H16N2O. The van der Waals surface area contributed by atoms with Crippen molar-refractivity contribution in [1.82, 2.24) is 9.78 Å². The summed E-state index contributed by atoms with van der Waals surface area (Å²) in [6, 6.07) is 0.573. The number of carbonyl (C=O) groups excluding carboxylic acids is 1. The van der Waals surface area contributed by atoms with E-state index in [9.17, 15) is 4.79 Å². The van der Waals surface area contributed by atoms with Gasteiger partial charge in [0.1, 0.15) is 0 Å². The smallest absolute Gasteiger partial charge is 0.153 e. The van der Waals surface area contributed by atoms with E-state index >= 15 is 0 Å². The van der Waals surface area contributed by atoms with Crippen molar-refractivity contribution >= 4 is 6.29 Å². The van der Waals surface area contributed by atoms with Crippen LogP contribution >= 0.6 is 0 Å². The van der Waals surface area contributed by atoms with Crippen LogP contribution in [0.2, 0.25) is 0 Å². The maximum Gasteiger partial charge on any atom is 0.153 e. The molecule has 1 saturated carbocycles. The summed E-state index contributed by atoms with van der Waals surface area (Å²) in [6.07, 6.45) is 5.15. The molecule has 0 saturated heterocycles. The average Bonchev–Trinajstić information content (AvgIpc) is 2.98. The summed E-state index contributed by atoms with van der Waals surface area (Å²) in [5.41, 5.74) is 2.92. The monoisotopic (exact) mass is 192 g/mol. The molecule has 0 spiro atoms. The number of hydrogen-bond acceptors (Lipinski definition) is 2. The lowest BCUT2D eigenvalue weighted by molar-refractivity contribution is 0.112. The van der Waals surface area contributed by atoms with Crippen molar-refractivity contribution in [2.75, 3.05) is 0 Å². The molecule has 1 heterocycles. The maximum absolute atomic E-state index is 11.0. The van der Waals surface area contributed by atoms with Crippen LogP contribution in [-0.4, -0.2) is 16.1 Å². The van der Waals surface area contributed by atoms with Gasteiger partial charge in [0.25, 0.3) is 0 Å². The van der Waals surface area contributed by atoms with Gasteiger partial charge in [-0.05, 0) is 25.7 Å². The van der Waals surface area contributed by atoms with Gasteiger partial charge >= 0.3 is 0 Å². The van der Waals surface area contributed by atoms with Gasteiger partial charge < -0.3 is 0 Å². The SMILES string of the molecule is CCc1nn(C2CC2)c(CC)c1C=O. The Morgan fingerprint density at radius 1 is 1.43 bits per heavy atom. The van der Waals surface area contributed by atoms with Crippen LogP contribution < -0.4 is 0 Å². The molecule has 0 bridgehead atoms. The second-order valence-electron chi connectivity index (χ2n) is 3.81. The van der Waals surface area contributed by atoms with Crippen LogP contribution in [0.1, 0.15) is 54.5 Å². The molecule has 0 atom stereocenters. The predicted molar refractivity (Wildman–Crippen MR) is 54.6 cm³/mol. The van der Waals surface area contributed by atoms with E-state index in [0.29, 0.717) is 6.04 Å².